The van der Waals surface area contributed by atoms with Crippen molar-refractivity contribution in [1.29, 1.82) is 0 Å². The van der Waals surface area contributed by atoms with Gasteiger partial charge in [0.15, 0.2) is 0 Å². The van der Waals surface area contributed by atoms with Crippen LogP contribution in [-0.2, 0) is 6.18 Å². The maximum Gasteiger partial charge on any atom is 0.420 e. The van der Waals surface area contributed by atoms with Crippen molar-refractivity contribution in [2.45, 2.75) is 6.18 Å². The zero-order valence-electron chi connectivity index (χ0n) is 11.8. The first kappa shape index (κ1) is 15.9. The Labute approximate surface area is 132 Å². The Morgan fingerprint density at radius 1 is 1.08 bits per heavy atom. The average Bonchev–Trinajstić information content (AvgIpc) is 2.92. The van der Waals surface area contributed by atoms with E-state index in [9.17, 15) is 22.4 Å². The van der Waals surface area contributed by atoms with Crippen LogP contribution >= 0.6 is 0 Å². The van der Waals surface area contributed by atoms with E-state index in [1.165, 1.54) is 12.3 Å². The van der Waals surface area contributed by atoms with Crippen molar-refractivity contribution in [2.75, 3.05) is 0 Å². The first-order valence-corrected chi connectivity index (χ1v) is 6.65. The number of aromatic amines is 1. The molecule has 3 aromatic rings. The fourth-order valence-corrected chi connectivity index (χ4v) is 2.26. The fourth-order valence-electron chi connectivity index (χ4n) is 2.26. The minimum Gasteiger partial charge on any atom is -0.478 e. The molecule has 1 heterocycles. The number of ether oxygens (including phenoxy) is 1. The van der Waals surface area contributed by atoms with Gasteiger partial charge in [0.05, 0.1) is 0 Å². The molecule has 0 unspecified atom stereocenters. The lowest BCUT2D eigenvalue weighted by atomic mass is 10.1. The molecule has 0 fully saturated rings. The summed E-state index contributed by atoms with van der Waals surface area (Å²) < 4.78 is 58.2. The van der Waals surface area contributed by atoms with Crippen molar-refractivity contribution < 1.29 is 32.2 Å². The second kappa shape index (κ2) is 5.55. The van der Waals surface area contributed by atoms with Gasteiger partial charge < -0.3 is 14.8 Å². The molecule has 0 atom stereocenters. The number of aromatic carboxylic acids is 1. The highest BCUT2D eigenvalue weighted by molar-refractivity contribution is 5.91. The largest absolute Gasteiger partial charge is 0.478 e. The van der Waals surface area contributed by atoms with E-state index < -0.39 is 40.6 Å². The fraction of sp³-hybridized carbons (Fsp3) is 0.0625. The molecular weight excluding hydrogens is 330 g/mol. The number of rotatable bonds is 3. The highest BCUT2D eigenvalue weighted by Gasteiger charge is 2.35. The smallest absolute Gasteiger partial charge is 0.420 e. The van der Waals surface area contributed by atoms with E-state index in [0.29, 0.717) is 5.39 Å². The Balaban J connectivity index is 2.16. The van der Waals surface area contributed by atoms with Crippen LogP contribution in [0.1, 0.15) is 15.9 Å². The number of carboxylic acid groups (broad SMARTS) is 1. The first-order valence-electron chi connectivity index (χ1n) is 6.65. The Morgan fingerprint density at radius 2 is 1.83 bits per heavy atom. The number of hydrogen-bond acceptors (Lipinski definition) is 2. The van der Waals surface area contributed by atoms with Crippen LogP contribution in [0, 0.1) is 5.82 Å². The van der Waals surface area contributed by atoms with Crippen molar-refractivity contribution in [1.82, 2.24) is 4.98 Å². The number of benzene rings is 2. The van der Waals surface area contributed by atoms with Gasteiger partial charge in [-0.15, -0.1) is 0 Å². The van der Waals surface area contributed by atoms with Gasteiger partial charge >= 0.3 is 12.1 Å². The summed E-state index contributed by atoms with van der Waals surface area (Å²) in [6.45, 7) is 0. The van der Waals surface area contributed by atoms with Crippen molar-refractivity contribution in [3.63, 3.8) is 0 Å². The summed E-state index contributed by atoms with van der Waals surface area (Å²) in [6.07, 6.45) is -3.27. The molecule has 0 amide bonds. The molecule has 4 nitrogen and oxygen atoms in total. The molecule has 24 heavy (non-hydrogen) atoms. The molecular formula is C16H9F4NO3. The molecule has 3 rings (SSSR count). The molecule has 0 aliphatic heterocycles. The number of nitrogens with one attached hydrogen (secondary N) is 1. The minimum absolute atomic E-state index is 0.243. The lowest BCUT2D eigenvalue weighted by molar-refractivity contribution is -0.138. The molecule has 0 saturated heterocycles. The van der Waals surface area contributed by atoms with Gasteiger partial charge in [0.2, 0.25) is 0 Å². The highest BCUT2D eigenvalue weighted by Crippen LogP contribution is 2.41. The van der Waals surface area contributed by atoms with Crippen LogP contribution in [0.15, 0.2) is 42.6 Å². The second-order valence-corrected chi connectivity index (χ2v) is 4.96. The highest BCUT2D eigenvalue weighted by atomic mass is 19.4. The number of H-pyrrole nitrogens is 1. The van der Waals surface area contributed by atoms with E-state index in [4.69, 9.17) is 9.84 Å². The van der Waals surface area contributed by atoms with Gasteiger partial charge in [0, 0.05) is 23.2 Å². The molecule has 124 valence electrons. The standard InChI is InChI=1S/C16H9F4NO3/c17-9-1-2-10(15(22)23)13(6-9)24-14-5-8-3-4-21-12(8)7-11(14)16(18,19)20/h1-7,21H,(H,22,23). The normalized spacial score (nSPS) is 11.7. The maximum atomic E-state index is 13.4. The third kappa shape index (κ3) is 2.90. The summed E-state index contributed by atoms with van der Waals surface area (Å²) in [5.74, 6) is -3.39. The first-order chi connectivity index (χ1) is 11.3. The Hall–Kier alpha value is -3.03. The van der Waals surface area contributed by atoms with E-state index in [1.807, 2.05) is 0 Å². The van der Waals surface area contributed by atoms with Crippen molar-refractivity contribution in [3.8, 4) is 11.5 Å². The van der Waals surface area contributed by atoms with Gasteiger partial charge in [-0.1, -0.05) is 0 Å². The summed E-state index contributed by atoms with van der Waals surface area (Å²) in [4.78, 5) is 13.8. The van der Waals surface area contributed by atoms with E-state index >= 15 is 0 Å². The summed E-state index contributed by atoms with van der Waals surface area (Å²) >= 11 is 0. The van der Waals surface area contributed by atoms with Crippen molar-refractivity contribution in [2.24, 2.45) is 0 Å². The van der Waals surface area contributed by atoms with Gasteiger partial charge in [-0.25, -0.2) is 9.18 Å². The Bertz CT molecular complexity index is 931. The Morgan fingerprint density at radius 3 is 2.50 bits per heavy atom. The summed E-state index contributed by atoms with van der Waals surface area (Å²) in [7, 11) is 0. The number of hydrogen-bond donors (Lipinski definition) is 2. The zero-order valence-corrected chi connectivity index (χ0v) is 11.8. The third-order valence-electron chi connectivity index (χ3n) is 3.35. The minimum atomic E-state index is -4.73. The molecule has 0 aliphatic carbocycles. The molecule has 8 heteroatoms. The topological polar surface area (TPSA) is 62.3 Å². The summed E-state index contributed by atoms with van der Waals surface area (Å²) in [5.41, 5.74) is -1.30. The van der Waals surface area contributed by atoms with Gasteiger partial charge in [-0.3, -0.25) is 0 Å². The quantitative estimate of drug-likeness (QED) is 0.673. The van der Waals surface area contributed by atoms with Crippen LogP contribution < -0.4 is 4.74 Å². The van der Waals surface area contributed by atoms with Crippen LogP contribution in [0.4, 0.5) is 17.6 Å². The summed E-state index contributed by atoms with van der Waals surface area (Å²) in [6, 6.07) is 6.04. The van der Waals surface area contributed by atoms with Crippen LogP contribution in [-0.4, -0.2) is 16.1 Å². The van der Waals surface area contributed by atoms with E-state index in [0.717, 1.165) is 30.3 Å². The molecule has 0 bridgehead atoms. The van der Waals surface area contributed by atoms with Crippen LogP contribution in [0.3, 0.4) is 0 Å². The molecule has 0 aliphatic rings. The molecule has 2 aromatic carbocycles. The Kier molecular flexibility index (Phi) is 3.67. The monoisotopic (exact) mass is 339 g/mol. The number of alkyl halides is 3. The zero-order chi connectivity index (χ0) is 17.5. The molecule has 2 N–H and O–H groups in total. The van der Waals surface area contributed by atoms with Gasteiger partial charge in [0.25, 0.3) is 0 Å². The number of aromatic nitrogens is 1. The van der Waals surface area contributed by atoms with Crippen molar-refractivity contribution >= 4 is 16.9 Å². The van der Waals surface area contributed by atoms with E-state index in [2.05, 4.69) is 4.98 Å². The van der Waals surface area contributed by atoms with Crippen LogP contribution in [0.2, 0.25) is 0 Å². The van der Waals surface area contributed by atoms with E-state index in [1.54, 1.807) is 0 Å². The molecule has 0 saturated carbocycles. The van der Waals surface area contributed by atoms with Crippen LogP contribution in [0.5, 0.6) is 11.5 Å². The SMILES string of the molecule is O=C(O)c1ccc(F)cc1Oc1cc2cc[nH]c2cc1C(F)(F)F. The molecule has 0 spiro atoms. The maximum absolute atomic E-state index is 13.4. The molecule has 0 radical (unpaired) electrons. The number of carbonyl (C=O) groups is 1. The van der Waals surface area contributed by atoms with Crippen LogP contribution in [0.25, 0.3) is 10.9 Å². The number of halogens is 4. The van der Waals surface area contributed by atoms with Gasteiger partial charge in [0.1, 0.15) is 28.4 Å². The predicted molar refractivity (Wildman–Crippen MR) is 76.7 cm³/mol. The van der Waals surface area contributed by atoms with E-state index in [-0.39, 0.29) is 5.52 Å². The lowest BCUT2D eigenvalue weighted by Gasteiger charge is -2.15. The van der Waals surface area contributed by atoms with Gasteiger partial charge in [-0.05, 0) is 30.3 Å². The predicted octanol–water partition coefficient (Wildman–Crippen LogP) is 4.82. The number of carboxylic acids is 1. The number of fused-ring (bicyclic) bond motifs is 1. The summed E-state index contributed by atoms with van der Waals surface area (Å²) in [5, 5.41) is 9.51. The van der Waals surface area contributed by atoms with Crippen molar-refractivity contribution in [3.05, 3.63) is 59.5 Å². The van der Waals surface area contributed by atoms with Gasteiger partial charge in [-0.2, -0.15) is 13.2 Å². The average molecular weight is 339 g/mol. The molecule has 1 aromatic heterocycles. The second-order valence-electron chi connectivity index (χ2n) is 4.96. The third-order valence-corrected chi connectivity index (χ3v) is 3.35. The lowest BCUT2D eigenvalue weighted by Crippen LogP contribution is -2.08.